The van der Waals surface area contributed by atoms with Gasteiger partial charge in [-0.3, -0.25) is 10.4 Å². The minimum Gasteiger partial charge on any atom is -0.512 e. The fourth-order valence-electron chi connectivity index (χ4n) is 1.91. The monoisotopic (exact) mass is 269 g/mol. The lowest BCUT2D eigenvalue weighted by molar-refractivity contribution is 0.383. The third-order valence-corrected chi connectivity index (χ3v) is 3.03. The maximum atomic E-state index is 13.8. The number of hydrogen-bond donors (Lipinski definition) is 2. The molecule has 1 aromatic carbocycles. The van der Waals surface area contributed by atoms with Gasteiger partial charge in [-0.05, 0) is 25.1 Å². The Kier molecular flexibility index (Phi) is 3.28. The molecule has 0 radical (unpaired) electrons. The molecule has 1 aromatic rings. The number of likely N-dealkylation sites (N-methyl/N-ethyl adjacent to an activating group) is 1. The number of hydrazine groups is 1. The number of anilines is 1. The van der Waals surface area contributed by atoms with Gasteiger partial charge in [-0.1, -0.05) is 11.6 Å². The molecule has 0 amide bonds. The average Bonchev–Trinajstić information content (AvgIpc) is 2.58. The number of rotatable bonds is 1. The molecule has 2 rings (SSSR count). The van der Waals surface area contributed by atoms with Crippen LogP contribution in [0.15, 0.2) is 29.5 Å². The van der Waals surface area contributed by atoms with Crippen molar-refractivity contribution in [2.75, 3.05) is 18.6 Å². The van der Waals surface area contributed by atoms with Crippen molar-refractivity contribution in [3.05, 3.63) is 40.4 Å². The van der Waals surface area contributed by atoms with Crippen molar-refractivity contribution in [2.24, 2.45) is 0 Å². The number of aliphatic hydroxyl groups excluding tert-OH is 1. The fraction of sp³-hybridized carbons (Fsp3) is 0.250. The number of nitrogens with one attached hydrogen (secondary N) is 1. The first kappa shape index (κ1) is 12.9. The van der Waals surface area contributed by atoms with E-state index in [0.29, 0.717) is 17.1 Å². The van der Waals surface area contributed by atoms with Crippen LogP contribution in [0.25, 0.3) is 0 Å². The number of aliphatic hydroxyl groups is 1. The summed E-state index contributed by atoms with van der Waals surface area (Å²) in [6.45, 7) is 1.86. The minimum atomic E-state index is -0.465. The molecule has 96 valence electrons. The Morgan fingerprint density at radius 2 is 2.17 bits per heavy atom. The highest BCUT2D eigenvalue weighted by Crippen LogP contribution is 2.30. The molecule has 1 aliphatic heterocycles. The quantitative estimate of drug-likeness (QED) is 0.771. The Bertz CT molecular complexity index is 540. The van der Waals surface area contributed by atoms with Gasteiger partial charge in [0.25, 0.3) is 0 Å². The van der Waals surface area contributed by atoms with Crippen LogP contribution in [-0.4, -0.2) is 29.5 Å². The van der Waals surface area contributed by atoms with Crippen LogP contribution in [0.3, 0.4) is 0 Å². The Morgan fingerprint density at radius 1 is 1.50 bits per heavy atom. The number of amidine groups is 1. The summed E-state index contributed by atoms with van der Waals surface area (Å²) in [5, 5.41) is 20.9. The molecule has 1 fully saturated rings. The molecule has 0 saturated carbocycles. The number of nitrogens with zero attached hydrogens (tertiary/aromatic N) is 2. The van der Waals surface area contributed by atoms with Gasteiger partial charge in [-0.2, -0.15) is 0 Å². The van der Waals surface area contributed by atoms with Crippen LogP contribution in [0.1, 0.15) is 6.92 Å². The molecular weight excluding hydrogens is 257 g/mol. The second-order valence-electron chi connectivity index (χ2n) is 4.14. The van der Waals surface area contributed by atoms with Gasteiger partial charge < -0.3 is 5.11 Å². The van der Waals surface area contributed by atoms with Gasteiger partial charge in [-0.25, -0.2) is 9.40 Å². The van der Waals surface area contributed by atoms with Gasteiger partial charge in [0.1, 0.15) is 11.7 Å². The summed E-state index contributed by atoms with van der Waals surface area (Å²) in [5.74, 6) is -0.344. The lowest BCUT2D eigenvalue weighted by Crippen LogP contribution is -2.36. The van der Waals surface area contributed by atoms with Crippen LogP contribution in [0.2, 0.25) is 5.02 Å². The van der Waals surface area contributed by atoms with Gasteiger partial charge in [0.05, 0.1) is 18.0 Å². The molecule has 1 heterocycles. The number of allylic oxidation sites excluding steroid dienone is 1. The van der Waals surface area contributed by atoms with E-state index in [1.54, 1.807) is 12.1 Å². The van der Waals surface area contributed by atoms with E-state index < -0.39 is 5.82 Å². The second kappa shape index (κ2) is 4.59. The van der Waals surface area contributed by atoms with Crippen molar-refractivity contribution in [2.45, 2.75) is 6.92 Å². The molecule has 2 N–H and O–H groups in total. The van der Waals surface area contributed by atoms with E-state index in [4.69, 9.17) is 17.0 Å². The van der Waals surface area contributed by atoms with Crippen LogP contribution in [0, 0.1) is 11.2 Å². The maximum absolute atomic E-state index is 13.8. The van der Waals surface area contributed by atoms with Crippen LogP contribution >= 0.6 is 11.6 Å². The molecule has 0 bridgehead atoms. The van der Waals surface area contributed by atoms with Crippen molar-refractivity contribution in [3.63, 3.8) is 0 Å². The van der Waals surface area contributed by atoms with Crippen molar-refractivity contribution >= 4 is 23.1 Å². The molecule has 0 atom stereocenters. The number of hydrogen-bond acceptors (Lipinski definition) is 3. The first-order chi connectivity index (χ1) is 8.41. The summed E-state index contributed by atoms with van der Waals surface area (Å²) in [6.07, 6.45) is 0. The van der Waals surface area contributed by atoms with E-state index in [0.717, 1.165) is 0 Å². The van der Waals surface area contributed by atoms with E-state index in [-0.39, 0.29) is 17.3 Å². The van der Waals surface area contributed by atoms with Crippen molar-refractivity contribution < 1.29 is 9.50 Å². The summed E-state index contributed by atoms with van der Waals surface area (Å²) < 4.78 is 13.8. The first-order valence-corrected chi connectivity index (χ1v) is 5.73. The standard InChI is InChI=1S/C12H13ClFN3O/c1-7(18)9-6-16(2)17(12(9)15)11-5-8(13)3-4-10(11)14/h3-5,15,18H,6H2,1-2H3. The van der Waals surface area contributed by atoms with E-state index >= 15 is 0 Å². The third-order valence-electron chi connectivity index (χ3n) is 2.80. The number of benzene rings is 1. The highest BCUT2D eigenvalue weighted by Gasteiger charge is 2.32. The summed E-state index contributed by atoms with van der Waals surface area (Å²) in [6, 6.07) is 4.16. The molecule has 1 aliphatic rings. The molecular formula is C12H13ClFN3O. The lowest BCUT2D eigenvalue weighted by atomic mass is 10.2. The Balaban J connectivity index is 2.49. The van der Waals surface area contributed by atoms with E-state index in [1.807, 2.05) is 0 Å². The lowest BCUT2D eigenvalue weighted by Gasteiger charge is -2.25. The van der Waals surface area contributed by atoms with Gasteiger partial charge in [-0.15, -0.1) is 0 Å². The average molecular weight is 270 g/mol. The normalized spacial score (nSPS) is 19.6. The van der Waals surface area contributed by atoms with Gasteiger partial charge in [0.2, 0.25) is 0 Å². The number of halogens is 2. The van der Waals surface area contributed by atoms with Crippen molar-refractivity contribution in [1.29, 1.82) is 5.41 Å². The fourth-order valence-corrected chi connectivity index (χ4v) is 2.08. The van der Waals surface area contributed by atoms with Crippen LogP contribution in [-0.2, 0) is 0 Å². The zero-order valence-electron chi connectivity index (χ0n) is 10.0. The Morgan fingerprint density at radius 3 is 2.72 bits per heavy atom. The Hall–Kier alpha value is -1.59. The van der Waals surface area contributed by atoms with Crippen molar-refractivity contribution in [3.8, 4) is 0 Å². The third kappa shape index (κ3) is 2.07. The van der Waals surface area contributed by atoms with Gasteiger partial charge in [0.15, 0.2) is 0 Å². The van der Waals surface area contributed by atoms with Gasteiger partial charge in [0, 0.05) is 17.6 Å². The summed E-state index contributed by atoms with van der Waals surface area (Å²) >= 11 is 5.85. The zero-order valence-corrected chi connectivity index (χ0v) is 10.8. The molecule has 6 heteroatoms. The van der Waals surface area contributed by atoms with E-state index in [1.165, 1.54) is 30.1 Å². The van der Waals surface area contributed by atoms with Crippen LogP contribution in [0.4, 0.5) is 10.1 Å². The smallest absolute Gasteiger partial charge is 0.148 e. The molecule has 0 aromatic heterocycles. The van der Waals surface area contributed by atoms with Crippen LogP contribution < -0.4 is 5.01 Å². The molecule has 4 nitrogen and oxygen atoms in total. The first-order valence-electron chi connectivity index (χ1n) is 5.35. The summed E-state index contributed by atoms with van der Waals surface area (Å²) in [5.41, 5.74) is 0.670. The predicted octanol–water partition coefficient (Wildman–Crippen LogP) is 2.96. The van der Waals surface area contributed by atoms with E-state index in [2.05, 4.69) is 0 Å². The Labute approximate surface area is 109 Å². The van der Waals surface area contributed by atoms with E-state index in [9.17, 15) is 9.50 Å². The van der Waals surface area contributed by atoms with Gasteiger partial charge >= 0.3 is 0 Å². The highest BCUT2D eigenvalue weighted by atomic mass is 35.5. The predicted molar refractivity (Wildman–Crippen MR) is 69.6 cm³/mol. The molecule has 0 unspecified atom stereocenters. The SMILES string of the molecule is CC(O)=C1CN(C)N(c2cc(Cl)ccc2F)C1=N. The molecule has 1 saturated heterocycles. The largest absolute Gasteiger partial charge is 0.512 e. The summed E-state index contributed by atoms with van der Waals surface area (Å²) in [7, 11) is 1.71. The van der Waals surface area contributed by atoms with Crippen LogP contribution in [0.5, 0.6) is 0 Å². The molecule has 0 aliphatic carbocycles. The summed E-state index contributed by atoms with van der Waals surface area (Å²) in [4.78, 5) is 0. The van der Waals surface area contributed by atoms with Crippen molar-refractivity contribution in [1.82, 2.24) is 5.01 Å². The zero-order chi connectivity index (χ0) is 13.4. The molecule has 18 heavy (non-hydrogen) atoms. The highest BCUT2D eigenvalue weighted by molar-refractivity contribution is 6.31. The molecule has 0 spiro atoms. The minimum absolute atomic E-state index is 0.0543. The topological polar surface area (TPSA) is 50.6 Å². The maximum Gasteiger partial charge on any atom is 0.148 e. The second-order valence-corrected chi connectivity index (χ2v) is 4.57.